The van der Waals surface area contributed by atoms with E-state index in [0.717, 1.165) is 6.07 Å². The van der Waals surface area contributed by atoms with Crippen LogP contribution in [0.3, 0.4) is 0 Å². The lowest BCUT2D eigenvalue weighted by Crippen LogP contribution is -2.05. The van der Waals surface area contributed by atoms with Gasteiger partial charge in [-0.2, -0.15) is 5.26 Å². The Balaban J connectivity index is 3.69. The molecule has 0 aliphatic heterocycles. The van der Waals surface area contributed by atoms with Gasteiger partial charge in [0.25, 0.3) is 15.5 Å². The lowest BCUT2D eigenvalue weighted by atomic mass is 10.2. The van der Waals surface area contributed by atoms with Crippen LogP contribution in [0.15, 0.2) is 11.0 Å². The fourth-order valence-corrected chi connectivity index (χ4v) is 3.01. The van der Waals surface area contributed by atoms with Gasteiger partial charge in [-0.3, -0.25) is 0 Å². The van der Waals surface area contributed by atoms with Crippen molar-refractivity contribution in [3.63, 3.8) is 0 Å². The van der Waals surface area contributed by atoms with E-state index >= 15 is 0 Å². The topological polar surface area (TPSA) is 70.8 Å². The Morgan fingerprint density at radius 3 is 2.50 bits per heavy atom. The van der Waals surface area contributed by atoms with Crippen molar-refractivity contribution in [2.24, 2.45) is 0 Å². The fraction of sp³-hybridized carbons (Fsp3) is 0.143. The summed E-state index contributed by atoms with van der Waals surface area (Å²) in [5, 5.41) is 8.54. The van der Waals surface area contributed by atoms with Crippen LogP contribution >= 0.6 is 33.3 Å². The molecule has 0 N–H and O–H groups in total. The van der Waals surface area contributed by atoms with Crippen molar-refractivity contribution < 1.29 is 17.2 Å². The van der Waals surface area contributed by atoms with Gasteiger partial charge in [0.05, 0.1) is 10.5 Å². The third-order valence-corrected chi connectivity index (χ3v) is 3.75. The van der Waals surface area contributed by atoms with Gasteiger partial charge >= 0.3 is 0 Å². The third-order valence-electron chi connectivity index (χ3n) is 1.57. The predicted molar refractivity (Wildman–Crippen MR) is 59.7 cm³/mol. The maximum atomic E-state index is 12.6. The molecule has 0 fully saturated rings. The van der Waals surface area contributed by atoms with Gasteiger partial charge in [0.1, 0.15) is 15.5 Å². The summed E-state index contributed by atoms with van der Waals surface area (Å²) in [6.45, 7) is 0. The smallest absolute Gasteiger partial charge is 0.231 e. The van der Waals surface area contributed by atoms with Gasteiger partial charge < -0.3 is 0 Å². The molecule has 0 aromatic carbocycles. The first-order valence-corrected chi connectivity index (χ1v) is 6.99. The quantitative estimate of drug-likeness (QED) is 0.450. The molecule has 16 heavy (non-hydrogen) atoms. The Kier molecular flexibility index (Phi) is 4.03. The molecule has 0 saturated carbocycles. The lowest BCUT2D eigenvalue weighted by molar-refractivity contribution is 0.146. The zero-order valence-corrected chi connectivity index (χ0v) is 11.0. The lowest BCUT2D eigenvalue weighted by Gasteiger charge is -2.07. The van der Waals surface area contributed by atoms with E-state index in [1.165, 1.54) is 22.6 Å². The molecule has 1 aromatic rings. The number of nitriles is 1. The van der Waals surface area contributed by atoms with Crippen LogP contribution in [-0.4, -0.2) is 13.4 Å². The summed E-state index contributed by atoms with van der Waals surface area (Å²) in [5.41, 5.74) is -1.07. The van der Waals surface area contributed by atoms with Crippen LogP contribution in [0.4, 0.5) is 8.78 Å². The summed E-state index contributed by atoms with van der Waals surface area (Å²) in [6, 6.07) is 2.29. The SMILES string of the molecule is N#Cc1cc(S(=O)(=O)Cl)c(C(F)F)c(I)n1. The Morgan fingerprint density at radius 1 is 1.56 bits per heavy atom. The van der Waals surface area contributed by atoms with E-state index in [-0.39, 0.29) is 9.39 Å². The molecule has 4 nitrogen and oxygen atoms in total. The number of halogens is 4. The second kappa shape index (κ2) is 4.77. The third kappa shape index (κ3) is 2.78. The van der Waals surface area contributed by atoms with Crippen LogP contribution in [0.5, 0.6) is 0 Å². The molecule has 1 heterocycles. The Bertz CT molecular complexity index is 570. The molecule has 0 atom stereocenters. The molecule has 0 spiro atoms. The summed E-state index contributed by atoms with van der Waals surface area (Å²) in [7, 11) is 0.670. The highest BCUT2D eigenvalue weighted by Gasteiger charge is 2.26. The molecular weight excluding hydrogens is 377 g/mol. The minimum Gasteiger partial charge on any atom is -0.231 e. The average Bonchev–Trinajstić information content (AvgIpc) is 2.14. The number of nitrogens with zero attached hydrogens (tertiary/aromatic N) is 2. The number of pyridine rings is 1. The summed E-state index contributed by atoms with van der Waals surface area (Å²) in [4.78, 5) is 2.73. The molecular formula is C7H2ClF2IN2O2S. The monoisotopic (exact) mass is 378 g/mol. The normalized spacial score (nSPS) is 11.5. The summed E-state index contributed by atoms with van der Waals surface area (Å²) in [6.07, 6.45) is -3.03. The van der Waals surface area contributed by atoms with Crippen LogP contribution in [0.25, 0.3) is 0 Å². The van der Waals surface area contributed by atoms with E-state index in [1.54, 1.807) is 6.07 Å². The number of hydrogen-bond acceptors (Lipinski definition) is 4. The van der Waals surface area contributed by atoms with E-state index < -0.39 is 25.9 Å². The highest BCUT2D eigenvalue weighted by molar-refractivity contribution is 14.1. The molecule has 0 unspecified atom stereocenters. The van der Waals surface area contributed by atoms with Crippen molar-refractivity contribution in [2.45, 2.75) is 11.3 Å². The minimum atomic E-state index is -4.34. The molecule has 0 aliphatic carbocycles. The van der Waals surface area contributed by atoms with Crippen LogP contribution in [0.1, 0.15) is 17.7 Å². The van der Waals surface area contributed by atoms with Crippen molar-refractivity contribution in [1.29, 1.82) is 5.26 Å². The van der Waals surface area contributed by atoms with E-state index in [4.69, 9.17) is 15.9 Å². The number of rotatable bonds is 2. The molecule has 0 aliphatic rings. The van der Waals surface area contributed by atoms with Gasteiger partial charge in [0, 0.05) is 10.7 Å². The number of aromatic nitrogens is 1. The van der Waals surface area contributed by atoms with Gasteiger partial charge in [-0.15, -0.1) is 0 Å². The molecule has 9 heteroatoms. The molecule has 0 radical (unpaired) electrons. The van der Waals surface area contributed by atoms with Gasteiger partial charge in [-0.05, 0) is 28.7 Å². The zero-order chi connectivity index (χ0) is 12.5. The molecule has 1 rings (SSSR count). The first-order valence-electron chi connectivity index (χ1n) is 3.60. The maximum Gasteiger partial charge on any atom is 0.267 e. The van der Waals surface area contributed by atoms with Gasteiger partial charge in [0.15, 0.2) is 0 Å². The first kappa shape index (κ1) is 13.5. The second-order valence-corrected chi connectivity index (χ2v) is 6.12. The Morgan fingerprint density at radius 2 is 2.12 bits per heavy atom. The minimum absolute atomic E-state index is 0.258. The molecule has 86 valence electrons. The van der Waals surface area contributed by atoms with E-state index in [2.05, 4.69) is 4.98 Å². The Labute approximate surface area is 108 Å². The van der Waals surface area contributed by atoms with Gasteiger partial charge in [-0.25, -0.2) is 22.2 Å². The van der Waals surface area contributed by atoms with Gasteiger partial charge in [0.2, 0.25) is 0 Å². The van der Waals surface area contributed by atoms with Crippen molar-refractivity contribution in [3.05, 3.63) is 21.0 Å². The molecule has 0 saturated heterocycles. The standard InChI is InChI=1S/C7H2ClF2IN2O2S/c8-16(14,15)4-1-3(2-12)13-7(11)5(4)6(9)10/h1,6H. The average molecular weight is 379 g/mol. The summed E-state index contributed by atoms with van der Waals surface area (Å²) >= 11 is 1.42. The molecule has 1 aromatic heterocycles. The van der Waals surface area contributed by atoms with E-state index in [0.29, 0.717) is 0 Å². The second-order valence-electron chi connectivity index (χ2n) is 2.56. The van der Waals surface area contributed by atoms with Crippen molar-refractivity contribution >= 4 is 42.3 Å². The van der Waals surface area contributed by atoms with E-state index in [1.807, 2.05) is 0 Å². The van der Waals surface area contributed by atoms with Crippen LogP contribution in [0.2, 0.25) is 0 Å². The zero-order valence-electron chi connectivity index (χ0n) is 7.29. The van der Waals surface area contributed by atoms with Crippen molar-refractivity contribution in [1.82, 2.24) is 4.98 Å². The highest BCUT2D eigenvalue weighted by Crippen LogP contribution is 2.32. The van der Waals surface area contributed by atoms with E-state index in [9.17, 15) is 17.2 Å². The Hall–Kier alpha value is -0.530. The number of alkyl halides is 2. The van der Waals surface area contributed by atoms with Crippen molar-refractivity contribution in [2.75, 3.05) is 0 Å². The van der Waals surface area contributed by atoms with Crippen LogP contribution in [0, 0.1) is 15.0 Å². The fourth-order valence-electron chi connectivity index (χ4n) is 0.958. The van der Waals surface area contributed by atoms with Crippen molar-refractivity contribution in [3.8, 4) is 6.07 Å². The van der Waals surface area contributed by atoms with Gasteiger partial charge in [-0.1, -0.05) is 0 Å². The molecule has 0 bridgehead atoms. The van der Waals surface area contributed by atoms with Crippen LogP contribution in [-0.2, 0) is 9.05 Å². The predicted octanol–water partition coefficient (Wildman–Crippen LogP) is 2.42. The largest absolute Gasteiger partial charge is 0.267 e. The van der Waals surface area contributed by atoms with Crippen LogP contribution < -0.4 is 0 Å². The first-order chi connectivity index (χ1) is 7.27. The number of hydrogen-bond donors (Lipinski definition) is 0. The summed E-state index contributed by atoms with van der Waals surface area (Å²) in [5.74, 6) is 0. The molecule has 0 amide bonds. The maximum absolute atomic E-state index is 12.6. The summed E-state index contributed by atoms with van der Waals surface area (Å²) < 4.78 is 47.1. The highest BCUT2D eigenvalue weighted by atomic mass is 127.